The summed E-state index contributed by atoms with van der Waals surface area (Å²) in [6.07, 6.45) is 10.1. The van der Waals surface area contributed by atoms with Gasteiger partial charge in [0, 0.05) is 23.7 Å². The molecule has 1 aliphatic heterocycles. The molecule has 14 heavy (non-hydrogen) atoms. The molecule has 1 saturated heterocycles. The van der Waals surface area contributed by atoms with Crippen LogP contribution in [0.2, 0.25) is 0 Å². The van der Waals surface area contributed by atoms with E-state index in [9.17, 15) is 0 Å². The van der Waals surface area contributed by atoms with Crippen LogP contribution in [0.15, 0.2) is 17.7 Å². The van der Waals surface area contributed by atoms with Gasteiger partial charge in [-0.25, -0.2) is 4.98 Å². The molecular weight excluding hydrogens is 192 g/mol. The molecule has 1 aromatic rings. The van der Waals surface area contributed by atoms with E-state index in [2.05, 4.69) is 29.4 Å². The monoisotopic (exact) mass is 208 g/mol. The molecule has 1 aromatic heterocycles. The number of rotatable bonds is 2. The van der Waals surface area contributed by atoms with Crippen molar-refractivity contribution in [3.8, 4) is 0 Å². The van der Waals surface area contributed by atoms with Crippen LogP contribution in [-0.4, -0.2) is 17.1 Å². The Morgan fingerprint density at radius 3 is 3.21 bits per heavy atom. The summed E-state index contributed by atoms with van der Waals surface area (Å²) in [5.74, 6) is 0. The zero-order chi connectivity index (χ0) is 9.80. The van der Waals surface area contributed by atoms with Gasteiger partial charge in [-0.05, 0) is 25.8 Å². The summed E-state index contributed by atoms with van der Waals surface area (Å²) in [5.41, 5.74) is 0. The Hall–Kier alpha value is -0.670. The van der Waals surface area contributed by atoms with Gasteiger partial charge in [0.2, 0.25) is 0 Å². The normalized spacial score (nSPS) is 28.4. The lowest BCUT2D eigenvalue weighted by Gasteiger charge is -2.26. The van der Waals surface area contributed by atoms with Crippen LogP contribution in [0.1, 0.15) is 31.2 Å². The number of piperidine rings is 1. The summed E-state index contributed by atoms with van der Waals surface area (Å²) >= 11 is 1.69. The minimum atomic E-state index is 0.544. The third kappa shape index (κ3) is 2.66. The van der Waals surface area contributed by atoms with Gasteiger partial charge < -0.3 is 5.32 Å². The molecule has 0 spiro atoms. The van der Waals surface area contributed by atoms with E-state index in [4.69, 9.17) is 0 Å². The third-order valence-electron chi connectivity index (χ3n) is 2.57. The molecule has 2 atom stereocenters. The summed E-state index contributed by atoms with van der Waals surface area (Å²) in [5, 5.41) is 6.68. The molecular formula is C11H16N2S. The Morgan fingerprint density at radius 1 is 1.57 bits per heavy atom. The summed E-state index contributed by atoms with van der Waals surface area (Å²) in [6, 6.07) is 1.21. The van der Waals surface area contributed by atoms with E-state index in [0.717, 1.165) is 5.01 Å². The topological polar surface area (TPSA) is 24.9 Å². The first-order valence-electron chi connectivity index (χ1n) is 5.18. The van der Waals surface area contributed by atoms with Crippen molar-refractivity contribution >= 4 is 17.4 Å². The van der Waals surface area contributed by atoms with Crippen molar-refractivity contribution in [1.29, 1.82) is 0 Å². The van der Waals surface area contributed by atoms with E-state index in [-0.39, 0.29) is 0 Å². The van der Waals surface area contributed by atoms with E-state index >= 15 is 0 Å². The third-order valence-corrected chi connectivity index (χ3v) is 3.31. The largest absolute Gasteiger partial charge is 0.308 e. The Labute approximate surface area is 89.1 Å². The minimum Gasteiger partial charge on any atom is -0.308 e. The number of thiazole rings is 1. The predicted octanol–water partition coefficient (Wildman–Crippen LogP) is 2.69. The summed E-state index contributed by atoms with van der Waals surface area (Å²) < 4.78 is 0. The van der Waals surface area contributed by atoms with E-state index < -0.39 is 0 Å². The predicted molar refractivity (Wildman–Crippen MR) is 61.4 cm³/mol. The average Bonchev–Trinajstić information content (AvgIpc) is 2.67. The molecule has 0 aliphatic carbocycles. The average molecular weight is 208 g/mol. The maximum Gasteiger partial charge on any atom is 0.115 e. The fraction of sp³-hybridized carbons (Fsp3) is 0.545. The lowest BCUT2D eigenvalue weighted by molar-refractivity contribution is 0.375. The Morgan fingerprint density at radius 2 is 2.50 bits per heavy atom. The van der Waals surface area contributed by atoms with Gasteiger partial charge in [-0.3, -0.25) is 0 Å². The summed E-state index contributed by atoms with van der Waals surface area (Å²) in [4.78, 5) is 4.22. The molecule has 0 aromatic carbocycles. The molecule has 76 valence electrons. The van der Waals surface area contributed by atoms with Crippen LogP contribution in [-0.2, 0) is 0 Å². The highest BCUT2D eigenvalue weighted by Crippen LogP contribution is 2.14. The maximum atomic E-state index is 4.22. The van der Waals surface area contributed by atoms with Gasteiger partial charge in [-0.1, -0.05) is 12.5 Å². The van der Waals surface area contributed by atoms with Crippen molar-refractivity contribution in [2.45, 2.75) is 38.3 Å². The van der Waals surface area contributed by atoms with Gasteiger partial charge in [0.25, 0.3) is 0 Å². The first-order chi connectivity index (χ1) is 6.84. The van der Waals surface area contributed by atoms with Crippen molar-refractivity contribution in [3.05, 3.63) is 22.7 Å². The molecule has 0 saturated carbocycles. The Kier molecular flexibility index (Phi) is 3.32. The van der Waals surface area contributed by atoms with Crippen LogP contribution in [0.3, 0.4) is 0 Å². The SMILES string of the molecule is CC1CCCC(/C=C/c2nccs2)N1. The van der Waals surface area contributed by atoms with Crippen molar-refractivity contribution in [2.75, 3.05) is 0 Å². The number of nitrogens with zero attached hydrogens (tertiary/aromatic N) is 1. The fourth-order valence-electron chi connectivity index (χ4n) is 1.84. The van der Waals surface area contributed by atoms with Gasteiger partial charge in [0.1, 0.15) is 5.01 Å². The number of aromatic nitrogens is 1. The van der Waals surface area contributed by atoms with Crippen LogP contribution in [0.5, 0.6) is 0 Å². The van der Waals surface area contributed by atoms with Crippen LogP contribution in [0.4, 0.5) is 0 Å². The van der Waals surface area contributed by atoms with E-state index in [1.54, 1.807) is 11.3 Å². The van der Waals surface area contributed by atoms with Crippen molar-refractivity contribution < 1.29 is 0 Å². The second-order valence-electron chi connectivity index (χ2n) is 3.83. The summed E-state index contributed by atoms with van der Waals surface area (Å²) in [6.45, 7) is 2.25. The molecule has 0 bridgehead atoms. The molecule has 2 heterocycles. The molecule has 2 rings (SSSR count). The molecule has 3 heteroatoms. The quantitative estimate of drug-likeness (QED) is 0.808. The van der Waals surface area contributed by atoms with Crippen LogP contribution >= 0.6 is 11.3 Å². The molecule has 1 aliphatic rings. The first kappa shape index (κ1) is 9.87. The van der Waals surface area contributed by atoms with E-state index in [0.29, 0.717) is 12.1 Å². The van der Waals surface area contributed by atoms with Gasteiger partial charge >= 0.3 is 0 Å². The van der Waals surface area contributed by atoms with Crippen molar-refractivity contribution in [2.24, 2.45) is 0 Å². The highest BCUT2D eigenvalue weighted by molar-refractivity contribution is 7.10. The standard InChI is InChI=1S/C11H16N2S/c1-9-3-2-4-10(13-9)5-6-11-12-7-8-14-11/h5-10,13H,2-4H2,1H3/b6-5+. The smallest absolute Gasteiger partial charge is 0.115 e. The molecule has 1 N–H and O–H groups in total. The lowest BCUT2D eigenvalue weighted by atomic mass is 9.99. The number of hydrogen-bond acceptors (Lipinski definition) is 3. The Balaban J connectivity index is 1.90. The molecule has 2 nitrogen and oxygen atoms in total. The molecule has 0 radical (unpaired) electrons. The second kappa shape index (κ2) is 4.71. The fourth-order valence-corrected chi connectivity index (χ4v) is 2.38. The van der Waals surface area contributed by atoms with E-state index in [1.165, 1.54) is 19.3 Å². The van der Waals surface area contributed by atoms with Gasteiger partial charge in [-0.15, -0.1) is 11.3 Å². The highest BCUT2D eigenvalue weighted by Gasteiger charge is 2.14. The number of nitrogens with one attached hydrogen (secondary N) is 1. The lowest BCUT2D eigenvalue weighted by Crippen LogP contribution is -2.39. The highest BCUT2D eigenvalue weighted by atomic mass is 32.1. The summed E-state index contributed by atoms with van der Waals surface area (Å²) in [7, 11) is 0. The zero-order valence-corrected chi connectivity index (χ0v) is 9.26. The van der Waals surface area contributed by atoms with E-state index in [1.807, 2.05) is 11.6 Å². The van der Waals surface area contributed by atoms with Crippen molar-refractivity contribution in [3.63, 3.8) is 0 Å². The van der Waals surface area contributed by atoms with Crippen LogP contribution in [0.25, 0.3) is 6.08 Å². The zero-order valence-electron chi connectivity index (χ0n) is 8.44. The van der Waals surface area contributed by atoms with Gasteiger partial charge in [-0.2, -0.15) is 0 Å². The second-order valence-corrected chi connectivity index (χ2v) is 4.76. The Bertz CT molecular complexity index is 292. The minimum absolute atomic E-state index is 0.544. The van der Waals surface area contributed by atoms with Crippen LogP contribution < -0.4 is 5.32 Å². The van der Waals surface area contributed by atoms with Gasteiger partial charge in [0.05, 0.1) is 0 Å². The van der Waals surface area contributed by atoms with Crippen molar-refractivity contribution in [1.82, 2.24) is 10.3 Å². The van der Waals surface area contributed by atoms with Crippen LogP contribution in [0, 0.1) is 0 Å². The molecule has 0 amide bonds. The number of hydrogen-bond donors (Lipinski definition) is 1. The van der Waals surface area contributed by atoms with Gasteiger partial charge in [0.15, 0.2) is 0 Å². The first-order valence-corrected chi connectivity index (χ1v) is 6.06. The molecule has 1 fully saturated rings. The maximum absolute atomic E-state index is 4.22. The molecule has 2 unspecified atom stereocenters.